The third kappa shape index (κ3) is 4.78. The number of nitrogens with two attached hydrogens (primary N) is 2. The van der Waals surface area contributed by atoms with E-state index in [1.54, 1.807) is 0 Å². The molecule has 5 N–H and O–H groups in total. The molecule has 0 bridgehead atoms. The second kappa shape index (κ2) is 10.9. The summed E-state index contributed by atoms with van der Waals surface area (Å²) in [6.07, 6.45) is 0. The monoisotopic (exact) mass is 545 g/mol. The van der Waals surface area contributed by atoms with Gasteiger partial charge < -0.3 is 21.2 Å². The molecule has 0 aliphatic carbocycles. The number of benzene rings is 6. The van der Waals surface area contributed by atoms with Crippen molar-refractivity contribution in [2.45, 2.75) is 12.0 Å². The maximum atomic E-state index is 6.99. The van der Waals surface area contributed by atoms with E-state index in [1.165, 1.54) is 0 Å². The summed E-state index contributed by atoms with van der Waals surface area (Å²) in [6.45, 7) is 0. The van der Waals surface area contributed by atoms with Gasteiger partial charge in [0.05, 0.1) is 0 Å². The van der Waals surface area contributed by atoms with Crippen LogP contribution in [0.2, 0.25) is 0 Å². The summed E-state index contributed by atoms with van der Waals surface area (Å²) in [5.41, 5.74) is 23.3. The topological polar surface area (TPSA) is 77.2 Å². The van der Waals surface area contributed by atoms with E-state index in [1.807, 2.05) is 60.7 Å². The molecule has 0 saturated carbocycles. The highest BCUT2D eigenvalue weighted by Gasteiger charge is 2.25. The Morgan fingerprint density at radius 1 is 0.571 bits per heavy atom. The van der Waals surface area contributed by atoms with Crippen LogP contribution in [-0.2, 0) is 0 Å². The number of nitrogen functional groups attached to an aromatic ring is 1. The van der Waals surface area contributed by atoms with Crippen molar-refractivity contribution in [1.29, 1.82) is 0 Å². The lowest BCUT2D eigenvalue weighted by Crippen LogP contribution is -2.22. The van der Waals surface area contributed by atoms with Gasteiger partial charge in [0.1, 0.15) is 11.2 Å². The fraction of sp³-hybridized carbons (Fsp3) is 0.0526. The summed E-state index contributed by atoms with van der Waals surface area (Å²) in [7, 11) is 0. The molecular formula is C38H31N3O. The van der Waals surface area contributed by atoms with Crippen molar-refractivity contribution in [2.75, 3.05) is 11.1 Å². The lowest BCUT2D eigenvalue weighted by molar-refractivity contribution is 0.631. The Balaban J connectivity index is 1.25. The quantitative estimate of drug-likeness (QED) is 0.174. The van der Waals surface area contributed by atoms with Gasteiger partial charge in [0.25, 0.3) is 0 Å². The van der Waals surface area contributed by atoms with Crippen LogP contribution in [0.4, 0.5) is 17.1 Å². The van der Waals surface area contributed by atoms with Crippen LogP contribution in [0.3, 0.4) is 0 Å². The van der Waals surface area contributed by atoms with E-state index in [9.17, 15) is 0 Å². The number of hydrogen-bond donors (Lipinski definition) is 3. The highest BCUT2D eigenvalue weighted by molar-refractivity contribution is 6.08. The van der Waals surface area contributed by atoms with Crippen LogP contribution in [0.25, 0.3) is 33.1 Å². The molecule has 1 aromatic heterocycles. The minimum atomic E-state index is -0.278. The lowest BCUT2D eigenvalue weighted by atomic mass is 9.81. The Morgan fingerprint density at radius 3 is 2.00 bits per heavy atom. The third-order valence-electron chi connectivity index (χ3n) is 8.03. The van der Waals surface area contributed by atoms with Crippen LogP contribution < -0.4 is 16.8 Å². The zero-order valence-corrected chi connectivity index (χ0v) is 23.1. The van der Waals surface area contributed by atoms with Crippen molar-refractivity contribution >= 4 is 39.0 Å². The molecule has 7 rings (SSSR count). The van der Waals surface area contributed by atoms with Gasteiger partial charge in [0, 0.05) is 45.4 Å². The predicted molar refractivity (Wildman–Crippen MR) is 175 cm³/mol. The number of para-hydroxylation sites is 2. The van der Waals surface area contributed by atoms with E-state index < -0.39 is 0 Å². The second-order valence-corrected chi connectivity index (χ2v) is 10.6. The molecule has 6 aromatic carbocycles. The van der Waals surface area contributed by atoms with E-state index in [-0.39, 0.29) is 12.0 Å². The number of rotatable bonds is 7. The molecule has 0 radical (unpaired) electrons. The fourth-order valence-corrected chi connectivity index (χ4v) is 5.90. The van der Waals surface area contributed by atoms with Crippen LogP contribution in [0.1, 0.15) is 28.7 Å². The maximum absolute atomic E-state index is 6.99. The van der Waals surface area contributed by atoms with Crippen LogP contribution >= 0.6 is 0 Å². The first-order valence-corrected chi connectivity index (χ1v) is 14.2. The molecule has 0 spiro atoms. The van der Waals surface area contributed by atoms with Gasteiger partial charge in [-0.25, -0.2) is 0 Å². The van der Waals surface area contributed by atoms with Gasteiger partial charge in [0.15, 0.2) is 0 Å². The predicted octanol–water partition coefficient (Wildman–Crippen LogP) is 9.41. The Bertz CT molecular complexity index is 1980. The Hall–Kier alpha value is -5.32. The van der Waals surface area contributed by atoms with Crippen LogP contribution in [0.5, 0.6) is 0 Å². The van der Waals surface area contributed by atoms with Crippen molar-refractivity contribution in [3.05, 3.63) is 162 Å². The fourth-order valence-electron chi connectivity index (χ4n) is 5.90. The van der Waals surface area contributed by atoms with Crippen LogP contribution in [0, 0.1) is 0 Å². The molecular weight excluding hydrogens is 514 g/mol. The van der Waals surface area contributed by atoms with Crippen molar-refractivity contribution in [2.24, 2.45) is 5.73 Å². The number of nitrogens with one attached hydrogen (secondary N) is 1. The van der Waals surface area contributed by atoms with Crippen molar-refractivity contribution < 1.29 is 4.42 Å². The summed E-state index contributed by atoms with van der Waals surface area (Å²) in [5.74, 6) is -0.0762. The van der Waals surface area contributed by atoms with E-state index in [0.29, 0.717) is 0 Å². The average Bonchev–Trinajstić information content (AvgIpc) is 3.40. The largest absolute Gasteiger partial charge is 0.456 e. The molecule has 204 valence electrons. The summed E-state index contributed by atoms with van der Waals surface area (Å²) in [5, 5.41) is 5.86. The molecule has 0 aliphatic heterocycles. The van der Waals surface area contributed by atoms with Crippen molar-refractivity contribution in [1.82, 2.24) is 0 Å². The van der Waals surface area contributed by atoms with Gasteiger partial charge in [-0.3, -0.25) is 0 Å². The Morgan fingerprint density at radius 2 is 1.24 bits per heavy atom. The second-order valence-electron chi connectivity index (χ2n) is 10.6. The maximum Gasteiger partial charge on any atom is 0.136 e. The molecule has 1 heterocycles. The molecule has 7 aromatic rings. The van der Waals surface area contributed by atoms with E-state index in [4.69, 9.17) is 15.9 Å². The molecule has 2 atom stereocenters. The van der Waals surface area contributed by atoms with Crippen molar-refractivity contribution in [3.63, 3.8) is 0 Å². The average molecular weight is 546 g/mol. The summed E-state index contributed by atoms with van der Waals surface area (Å²) >= 11 is 0. The zero-order valence-electron chi connectivity index (χ0n) is 23.1. The zero-order chi connectivity index (χ0) is 28.5. The van der Waals surface area contributed by atoms with Gasteiger partial charge in [-0.2, -0.15) is 0 Å². The molecule has 42 heavy (non-hydrogen) atoms. The van der Waals surface area contributed by atoms with E-state index in [0.717, 1.165) is 66.8 Å². The molecule has 0 amide bonds. The van der Waals surface area contributed by atoms with Gasteiger partial charge in [-0.1, -0.05) is 109 Å². The van der Waals surface area contributed by atoms with Crippen LogP contribution in [-0.4, -0.2) is 0 Å². The van der Waals surface area contributed by atoms with Crippen molar-refractivity contribution in [3.8, 4) is 11.1 Å². The highest BCUT2D eigenvalue weighted by atomic mass is 16.3. The highest BCUT2D eigenvalue weighted by Crippen LogP contribution is 2.40. The normalized spacial score (nSPS) is 12.8. The number of hydrogen-bond acceptors (Lipinski definition) is 4. The number of anilines is 3. The Labute approximate surface area is 245 Å². The van der Waals surface area contributed by atoms with Gasteiger partial charge in [0.2, 0.25) is 0 Å². The summed E-state index contributed by atoms with van der Waals surface area (Å²) < 4.78 is 6.21. The first-order valence-electron chi connectivity index (χ1n) is 14.2. The number of furan rings is 1. The van der Waals surface area contributed by atoms with Crippen LogP contribution in [0.15, 0.2) is 150 Å². The SMILES string of the molecule is Nc1ccccc1C(c1ccccc1)[C@H](N)c1ccc(Nc2cc3c(cc2-c2ccccc2)oc2ccccc23)cc1. The summed E-state index contributed by atoms with van der Waals surface area (Å²) in [4.78, 5) is 0. The first kappa shape index (κ1) is 25.6. The number of fused-ring (bicyclic) bond motifs is 3. The minimum Gasteiger partial charge on any atom is -0.456 e. The molecule has 0 aliphatic rings. The van der Waals surface area contributed by atoms with Gasteiger partial charge >= 0.3 is 0 Å². The standard InChI is InChI=1S/C38H31N3O/c39-33-17-9-7-16-30(33)37(26-13-5-2-6-14-26)38(40)27-19-21-28(22-20-27)41-34-23-32-29-15-8-10-18-35(29)42-36(32)24-31(34)25-11-3-1-4-12-25/h1-24,37-38,41H,39-40H2/t37?,38-/m1/s1. The van der Waals surface area contributed by atoms with E-state index >= 15 is 0 Å². The summed E-state index contributed by atoms with van der Waals surface area (Å²) in [6, 6.07) is 49.3. The molecule has 4 nitrogen and oxygen atoms in total. The molecule has 1 unspecified atom stereocenters. The van der Waals surface area contributed by atoms with Gasteiger partial charge in [-0.05, 0) is 58.7 Å². The lowest BCUT2D eigenvalue weighted by Gasteiger charge is -2.27. The first-order chi connectivity index (χ1) is 20.7. The van der Waals surface area contributed by atoms with Gasteiger partial charge in [-0.15, -0.1) is 0 Å². The van der Waals surface area contributed by atoms with E-state index in [2.05, 4.69) is 90.2 Å². The molecule has 0 fully saturated rings. The molecule has 4 heteroatoms. The third-order valence-corrected chi connectivity index (χ3v) is 8.03. The Kier molecular flexibility index (Phi) is 6.67. The molecule has 0 saturated heterocycles. The minimum absolute atomic E-state index is 0.0762. The smallest absolute Gasteiger partial charge is 0.136 e.